The molecular formula is C15H17N5O2. The van der Waals surface area contributed by atoms with Crippen LogP contribution in [0.3, 0.4) is 0 Å². The third-order valence-corrected chi connectivity index (χ3v) is 4.14. The number of carbonyl (C=O) groups excluding carboxylic acids is 2. The molecule has 22 heavy (non-hydrogen) atoms. The van der Waals surface area contributed by atoms with E-state index in [4.69, 9.17) is 5.26 Å². The van der Waals surface area contributed by atoms with Gasteiger partial charge in [0.15, 0.2) is 5.69 Å². The van der Waals surface area contributed by atoms with Gasteiger partial charge in [0, 0.05) is 26.1 Å². The summed E-state index contributed by atoms with van der Waals surface area (Å²) in [6.45, 7) is 6.16. The highest BCUT2D eigenvalue weighted by Gasteiger charge is 2.36. The van der Waals surface area contributed by atoms with Crippen LogP contribution in [-0.4, -0.2) is 51.0 Å². The second kappa shape index (κ2) is 5.64. The Kier molecular flexibility index (Phi) is 3.67. The second-order valence-corrected chi connectivity index (χ2v) is 5.60. The fraction of sp³-hybridized carbons (Fsp3) is 0.467. The standard InChI is InChI=1S/C15H17N5O2/c1-2-3-18-9-11(6-14(18)21)15(22)19-4-5-20-13(10-19)7-12(8-16)17-20/h2,7,11H,1,3-6,9-10H2. The predicted octanol–water partition coefficient (Wildman–Crippen LogP) is 0.131. The van der Waals surface area contributed by atoms with Crippen molar-refractivity contribution in [3.63, 3.8) is 0 Å². The lowest BCUT2D eigenvalue weighted by atomic mass is 10.1. The SMILES string of the molecule is C=CCN1CC(C(=O)N2CCn3nc(C#N)cc3C2)CC1=O. The first-order valence-electron chi connectivity index (χ1n) is 7.26. The van der Waals surface area contributed by atoms with Gasteiger partial charge in [-0.25, -0.2) is 0 Å². The normalized spacial score (nSPS) is 20.7. The van der Waals surface area contributed by atoms with Crippen LogP contribution in [0.4, 0.5) is 0 Å². The summed E-state index contributed by atoms with van der Waals surface area (Å²) in [7, 11) is 0. The lowest BCUT2D eigenvalue weighted by Gasteiger charge is -2.29. The molecule has 7 nitrogen and oxygen atoms in total. The maximum Gasteiger partial charge on any atom is 0.228 e. The van der Waals surface area contributed by atoms with E-state index in [2.05, 4.69) is 11.7 Å². The lowest BCUT2D eigenvalue weighted by Crippen LogP contribution is -2.42. The average molecular weight is 299 g/mol. The van der Waals surface area contributed by atoms with E-state index < -0.39 is 0 Å². The number of nitrogens with zero attached hydrogens (tertiary/aromatic N) is 5. The molecule has 3 heterocycles. The minimum atomic E-state index is -0.280. The molecule has 2 aliphatic rings. The van der Waals surface area contributed by atoms with Gasteiger partial charge in [-0.05, 0) is 6.07 Å². The van der Waals surface area contributed by atoms with Crippen molar-refractivity contribution in [3.05, 3.63) is 30.1 Å². The summed E-state index contributed by atoms with van der Waals surface area (Å²) < 4.78 is 1.77. The number of carbonyl (C=O) groups is 2. The largest absolute Gasteiger partial charge is 0.338 e. The van der Waals surface area contributed by atoms with Gasteiger partial charge in [-0.2, -0.15) is 10.4 Å². The number of nitriles is 1. The van der Waals surface area contributed by atoms with E-state index in [0.717, 1.165) is 5.69 Å². The van der Waals surface area contributed by atoms with Crippen LogP contribution in [0.2, 0.25) is 0 Å². The number of hydrogen-bond acceptors (Lipinski definition) is 4. The molecular weight excluding hydrogens is 282 g/mol. The van der Waals surface area contributed by atoms with Gasteiger partial charge < -0.3 is 9.80 Å². The molecule has 0 radical (unpaired) electrons. The Balaban J connectivity index is 1.68. The fourth-order valence-corrected chi connectivity index (χ4v) is 3.04. The van der Waals surface area contributed by atoms with Crippen molar-refractivity contribution in [3.8, 4) is 6.07 Å². The summed E-state index contributed by atoms with van der Waals surface area (Å²) in [6, 6.07) is 3.72. The zero-order valence-corrected chi connectivity index (χ0v) is 12.2. The minimum absolute atomic E-state index is 0.00544. The molecule has 114 valence electrons. The monoisotopic (exact) mass is 299 g/mol. The van der Waals surface area contributed by atoms with Gasteiger partial charge in [0.1, 0.15) is 6.07 Å². The molecule has 1 saturated heterocycles. The molecule has 1 aromatic heterocycles. The molecule has 1 fully saturated rings. The third-order valence-electron chi connectivity index (χ3n) is 4.14. The van der Waals surface area contributed by atoms with Gasteiger partial charge in [-0.1, -0.05) is 6.08 Å². The summed E-state index contributed by atoms with van der Waals surface area (Å²) in [4.78, 5) is 27.9. The Morgan fingerprint density at radius 3 is 3.09 bits per heavy atom. The van der Waals surface area contributed by atoms with Crippen LogP contribution in [0.15, 0.2) is 18.7 Å². The Hall–Kier alpha value is -2.62. The fourth-order valence-electron chi connectivity index (χ4n) is 3.04. The summed E-state index contributed by atoms with van der Waals surface area (Å²) >= 11 is 0. The molecule has 1 unspecified atom stereocenters. The van der Waals surface area contributed by atoms with Gasteiger partial charge >= 0.3 is 0 Å². The van der Waals surface area contributed by atoms with E-state index >= 15 is 0 Å². The smallest absolute Gasteiger partial charge is 0.228 e. The molecule has 0 N–H and O–H groups in total. The highest BCUT2D eigenvalue weighted by atomic mass is 16.2. The highest BCUT2D eigenvalue weighted by molar-refractivity contribution is 5.89. The first-order valence-corrected chi connectivity index (χ1v) is 7.26. The van der Waals surface area contributed by atoms with Crippen LogP contribution in [0.5, 0.6) is 0 Å². The number of fused-ring (bicyclic) bond motifs is 1. The van der Waals surface area contributed by atoms with Crippen LogP contribution in [-0.2, 0) is 22.7 Å². The van der Waals surface area contributed by atoms with Crippen molar-refractivity contribution in [1.82, 2.24) is 19.6 Å². The second-order valence-electron chi connectivity index (χ2n) is 5.60. The van der Waals surface area contributed by atoms with Crippen LogP contribution in [0.25, 0.3) is 0 Å². The minimum Gasteiger partial charge on any atom is -0.338 e. The molecule has 1 aromatic rings. The quantitative estimate of drug-likeness (QED) is 0.743. The van der Waals surface area contributed by atoms with E-state index in [-0.39, 0.29) is 24.2 Å². The predicted molar refractivity (Wildman–Crippen MR) is 77.2 cm³/mol. The molecule has 0 bridgehead atoms. The van der Waals surface area contributed by atoms with E-state index in [1.807, 2.05) is 6.07 Å². The van der Waals surface area contributed by atoms with Crippen molar-refractivity contribution in [2.75, 3.05) is 19.6 Å². The van der Waals surface area contributed by atoms with Crippen molar-refractivity contribution in [2.24, 2.45) is 5.92 Å². The number of amides is 2. The average Bonchev–Trinajstić information content (AvgIpc) is 3.10. The first kappa shape index (κ1) is 14.3. The van der Waals surface area contributed by atoms with Crippen molar-refractivity contribution < 1.29 is 9.59 Å². The van der Waals surface area contributed by atoms with E-state index in [1.54, 1.807) is 26.6 Å². The van der Waals surface area contributed by atoms with Gasteiger partial charge in [-0.3, -0.25) is 14.3 Å². The van der Waals surface area contributed by atoms with Gasteiger partial charge in [0.2, 0.25) is 11.8 Å². The maximum absolute atomic E-state index is 12.6. The van der Waals surface area contributed by atoms with Crippen molar-refractivity contribution in [1.29, 1.82) is 5.26 Å². The molecule has 0 aliphatic carbocycles. The van der Waals surface area contributed by atoms with E-state index in [9.17, 15) is 9.59 Å². The summed E-state index contributed by atoms with van der Waals surface area (Å²) in [5.41, 5.74) is 1.24. The third kappa shape index (κ3) is 2.48. The molecule has 2 aliphatic heterocycles. The number of aromatic nitrogens is 2. The summed E-state index contributed by atoms with van der Waals surface area (Å²) in [5, 5.41) is 13.0. The molecule has 0 aromatic carbocycles. The van der Waals surface area contributed by atoms with Crippen LogP contribution < -0.4 is 0 Å². The summed E-state index contributed by atoms with van der Waals surface area (Å²) in [5.74, 6) is -0.268. The lowest BCUT2D eigenvalue weighted by molar-refractivity contribution is -0.137. The maximum atomic E-state index is 12.6. The zero-order valence-electron chi connectivity index (χ0n) is 12.2. The van der Waals surface area contributed by atoms with Crippen molar-refractivity contribution in [2.45, 2.75) is 19.5 Å². The van der Waals surface area contributed by atoms with Crippen molar-refractivity contribution >= 4 is 11.8 Å². The van der Waals surface area contributed by atoms with E-state index in [1.165, 1.54) is 0 Å². The van der Waals surface area contributed by atoms with Gasteiger partial charge in [0.25, 0.3) is 0 Å². The topological polar surface area (TPSA) is 82.2 Å². The highest BCUT2D eigenvalue weighted by Crippen LogP contribution is 2.22. The van der Waals surface area contributed by atoms with Crippen LogP contribution in [0.1, 0.15) is 17.8 Å². The zero-order chi connectivity index (χ0) is 15.7. The first-order chi connectivity index (χ1) is 10.6. The summed E-state index contributed by atoms with van der Waals surface area (Å²) in [6.07, 6.45) is 1.94. The molecule has 2 amide bonds. The number of rotatable bonds is 3. The Labute approximate surface area is 128 Å². The Morgan fingerprint density at radius 1 is 1.55 bits per heavy atom. The molecule has 0 saturated carbocycles. The molecule has 7 heteroatoms. The number of likely N-dealkylation sites (tertiary alicyclic amines) is 1. The molecule has 3 rings (SSSR count). The number of hydrogen-bond donors (Lipinski definition) is 0. The molecule has 1 atom stereocenters. The molecule has 0 spiro atoms. The Bertz CT molecular complexity index is 672. The van der Waals surface area contributed by atoms with Gasteiger partial charge in [0.05, 0.1) is 24.7 Å². The van der Waals surface area contributed by atoms with E-state index in [0.29, 0.717) is 38.4 Å². The Morgan fingerprint density at radius 2 is 2.36 bits per heavy atom. The van der Waals surface area contributed by atoms with Crippen LogP contribution in [0, 0.1) is 17.2 Å². The van der Waals surface area contributed by atoms with Gasteiger partial charge in [-0.15, -0.1) is 6.58 Å². The van der Waals surface area contributed by atoms with Crippen LogP contribution >= 0.6 is 0 Å².